The number of para-hydroxylation sites is 1. The highest BCUT2D eigenvalue weighted by atomic mass is 16.6. The van der Waals surface area contributed by atoms with Crippen molar-refractivity contribution in [1.82, 2.24) is 14.9 Å². The van der Waals surface area contributed by atoms with E-state index in [-0.39, 0.29) is 12.6 Å². The molecular weight excluding hydrogens is 530 g/mol. The molecule has 1 aliphatic rings. The van der Waals surface area contributed by atoms with E-state index in [2.05, 4.69) is 44.0 Å². The van der Waals surface area contributed by atoms with Gasteiger partial charge in [0.25, 0.3) is 0 Å². The SMILES string of the molecule is CCOC(=O)[C@@](C)(Cc1ccc(Oc2cc(N3CCN(Cc4ccccc4)CC3)nc(N)n2)cc1)Oc1ccccc1. The summed E-state index contributed by atoms with van der Waals surface area (Å²) in [6.45, 7) is 8.25. The first kappa shape index (κ1) is 28.9. The van der Waals surface area contributed by atoms with E-state index in [1.807, 2.05) is 66.7 Å². The van der Waals surface area contributed by atoms with Crippen LogP contribution in [0.2, 0.25) is 0 Å². The van der Waals surface area contributed by atoms with Gasteiger partial charge in [-0.3, -0.25) is 4.90 Å². The van der Waals surface area contributed by atoms with Gasteiger partial charge in [0.15, 0.2) is 0 Å². The number of carbonyl (C=O) groups is 1. The zero-order valence-corrected chi connectivity index (χ0v) is 24.1. The van der Waals surface area contributed by atoms with E-state index in [1.165, 1.54) is 5.56 Å². The minimum Gasteiger partial charge on any atom is -0.476 e. The third-order valence-electron chi connectivity index (χ3n) is 7.13. The van der Waals surface area contributed by atoms with Crippen molar-refractivity contribution >= 4 is 17.7 Å². The molecule has 9 heteroatoms. The highest BCUT2D eigenvalue weighted by Crippen LogP contribution is 2.28. The van der Waals surface area contributed by atoms with Crippen LogP contribution in [-0.2, 0) is 22.5 Å². The molecule has 3 aromatic carbocycles. The molecule has 0 amide bonds. The second-order valence-corrected chi connectivity index (χ2v) is 10.5. The molecule has 1 atom stereocenters. The Labute approximate surface area is 246 Å². The van der Waals surface area contributed by atoms with Crippen molar-refractivity contribution in [1.29, 1.82) is 0 Å². The van der Waals surface area contributed by atoms with Crippen LogP contribution in [0.1, 0.15) is 25.0 Å². The fourth-order valence-corrected chi connectivity index (χ4v) is 4.99. The van der Waals surface area contributed by atoms with Gasteiger partial charge in [0.05, 0.1) is 6.61 Å². The van der Waals surface area contributed by atoms with Crippen LogP contribution in [-0.4, -0.2) is 59.2 Å². The Bertz CT molecular complexity index is 1440. The number of anilines is 2. The Morgan fingerprint density at radius 2 is 1.52 bits per heavy atom. The predicted octanol–water partition coefficient (Wildman–Crippen LogP) is 5.12. The van der Waals surface area contributed by atoms with Gasteiger partial charge in [-0.25, -0.2) is 4.79 Å². The highest BCUT2D eigenvalue weighted by Gasteiger charge is 2.37. The lowest BCUT2D eigenvalue weighted by atomic mass is 9.96. The lowest BCUT2D eigenvalue weighted by Crippen LogP contribution is -2.46. The predicted molar refractivity (Wildman–Crippen MR) is 163 cm³/mol. The molecule has 0 spiro atoms. The van der Waals surface area contributed by atoms with Crippen LogP contribution in [0.3, 0.4) is 0 Å². The summed E-state index contributed by atoms with van der Waals surface area (Å²) in [7, 11) is 0. The molecule has 4 aromatic rings. The summed E-state index contributed by atoms with van der Waals surface area (Å²) < 4.78 is 17.5. The molecule has 0 bridgehead atoms. The van der Waals surface area contributed by atoms with Crippen LogP contribution in [0.4, 0.5) is 11.8 Å². The molecular formula is C33H37N5O4. The first-order valence-electron chi connectivity index (χ1n) is 14.2. The van der Waals surface area contributed by atoms with Gasteiger partial charge in [-0.15, -0.1) is 0 Å². The normalized spacial score (nSPS) is 15.0. The first-order valence-corrected chi connectivity index (χ1v) is 14.2. The Hall–Kier alpha value is -4.63. The maximum Gasteiger partial charge on any atom is 0.350 e. The molecule has 9 nitrogen and oxygen atoms in total. The van der Waals surface area contributed by atoms with Gasteiger partial charge < -0.3 is 24.8 Å². The van der Waals surface area contributed by atoms with Crippen molar-refractivity contribution in [3.05, 3.63) is 102 Å². The van der Waals surface area contributed by atoms with Crippen LogP contribution in [0, 0.1) is 0 Å². The molecule has 42 heavy (non-hydrogen) atoms. The van der Waals surface area contributed by atoms with Crippen molar-refractivity contribution < 1.29 is 19.0 Å². The number of rotatable bonds is 11. The van der Waals surface area contributed by atoms with Crippen LogP contribution in [0.5, 0.6) is 17.4 Å². The molecule has 0 radical (unpaired) electrons. The first-order chi connectivity index (χ1) is 20.4. The van der Waals surface area contributed by atoms with E-state index in [0.29, 0.717) is 23.8 Å². The van der Waals surface area contributed by atoms with Gasteiger partial charge in [-0.1, -0.05) is 60.7 Å². The Morgan fingerprint density at radius 1 is 0.857 bits per heavy atom. The zero-order chi connectivity index (χ0) is 29.4. The molecule has 1 saturated heterocycles. The maximum absolute atomic E-state index is 12.9. The van der Waals surface area contributed by atoms with Gasteiger partial charge in [0.1, 0.15) is 17.3 Å². The molecule has 2 heterocycles. The fraction of sp³-hybridized carbons (Fsp3) is 0.303. The monoisotopic (exact) mass is 567 g/mol. The molecule has 1 fully saturated rings. The third kappa shape index (κ3) is 7.55. The summed E-state index contributed by atoms with van der Waals surface area (Å²) in [5.41, 5.74) is 7.08. The van der Waals surface area contributed by atoms with Crippen molar-refractivity contribution in [3.63, 3.8) is 0 Å². The molecule has 218 valence electrons. The van der Waals surface area contributed by atoms with Crippen LogP contribution >= 0.6 is 0 Å². The summed E-state index contributed by atoms with van der Waals surface area (Å²) in [5.74, 6) is 2.06. The number of aromatic nitrogens is 2. The summed E-state index contributed by atoms with van der Waals surface area (Å²) >= 11 is 0. The van der Waals surface area contributed by atoms with Crippen molar-refractivity contribution in [2.24, 2.45) is 0 Å². The lowest BCUT2D eigenvalue weighted by Gasteiger charge is -2.35. The van der Waals surface area contributed by atoms with Gasteiger partial charge >= 0.3 is 5.97 Å². The number of esters is 1. The van der Waals surface area contributed by atoms with Crippen LogP contribution < -0.4 is 20.1 Å². The second kappa shape index (κ2) is 13.4. The van der Waals surface area contributed by atoms with Gasteiger partial charge in [-0.05, 0) is 49.2 Å². The van der Waals surface area contributed by atoms with E-state index in [1.54, 1.807) is 13.8 Å². The van der Waals surface area contributed by atoms with Crippen LogP contribution in [0.15, 0.2) is 91.0 Å². The quantitative estimate of drug-likeness (QED) is 0.248. The maximum atomic E-state index is 12.9. The average Bonchev–Trinajstić information content (AvgIpc) is 2.99. The Kier molecular flexibility index (Phi) is 9.18. The number of hydrogen-bond donors (Lipinski definition) is 1. The van der Waals surface area contributed by atoms with Crippen molar-refractivity contribution in [2.75, 3.05) is 43.4 Å². The molecule has 1 aromatic heterocycles. The number of nitrogens with two attached hydrogens (primary N) is 1. The highest BCUT2D eigenvalue weighted by molar-refractivity contribution is 5.80. The Balaban J connectivity index is 1.22. The smallest absolute Gasteiger partial charge is 0.350 e. The summed E-state index contributed by atoms with van der Waals surface area (Å²) in [4.78, 5) is 26.3. The third-order valence-corrected chi connectivity index (χ3v) is 7.13. The molecule has 2 N–H and O–H groups in total. The second-order valence-electron chi connectivity index (χ2n) is 10.5. The number of nitrogen functional groups attached to an aromatic ring is 1. The van der Waals surface area contributed by atoms with E-state index in [4.69, 9.17) is 19.9 Å². The van der Waals surface area contributed by atoms with Gasteiger partial charge in [-0.2, -0.15) is 9.97 Å². The van der Waals surface area contributed by atoms with Gasteiger partial charge in [0.2, 0.25) is 17.4 Å². The molecule has 1 aliphatic heterocycles. The molecule has 5 rings (SSSR count). The van der Waals surface area contributed by atoms with E-state index < -0.39 is 11.6 Å². The van der Waals surface area contributed by atoms with Crippen molar-refractivity contribution in [3.8, 4) is 17.4 Å². The van der Waals surface area contributed by atoms with E-state index in [9.17, 15) is 4.79 Å². The number of nitrogens with zero attached hydrogens (tertiary/aromatic N) is 4. The summed E-state index contributed by atoms with van der Waals surface area (Å²) in [6, 6.07) is 29.1. The molecule has 0 unspecified atom stereocenters. The van der Waals surface area contributed by atoms with Crippen molar-refractivity contribution in [2.45, 2.75) is 32.4 Å². The van der Waals surface area contributed by atoms with Crippen LogP contribution in [0.25, 0.3) is 0 Å². The van der Waals surface area contributed by atoms with E-state index in [0.717, 1.165) is 44.1 Å². The number of carbonyl (C=O) groups excluding carboxylic acids is 1. The average molecular weight is 568 g/mol. The number of benzene rings is 3. The van der Waals surface area contributed by atoms with Gasteiger partial charge in [0, 0.05) is 45.2 Å². The minimum absolute atomic E-state index is 0.161. The summed E-state index contributed by atoms with van der Waals surface area (Å²) in [6.07, 6.45) is 0.321. The topological polar surface area (TPSA) is 103 Å². The standard InChI is InChI=1S/C33H37N5O4/c1-3-40-31(39)33(2,42-28-12-8-5-9-13-28)23-25-14-16-27(17-15-25)41-30-22-29(35-32(34)36-30)38-20-18-37(19-21-38)24-26-10-6-4-7-11-26/h4-17,22H,3,18-21,23-24H2,1-2H3,(H2,34,35,36)/t33-/m1/s1. The number of piperazine rings is 1. The number of hydrogen-bond acceptors (Lipinski definition) is 9. The van der Waals surface area contributed by atoms with E-state index >= 15 is 0 Å². The summed E-state index contributed by atoms with van der Waals surface area (Å²) in [5, 5.41) is 0. The fourth-order valence-electron chi connectivity index (χ4n) is 4.99. The lowest BCUT2D eigenvalue weighted by molar-refractivity contribution is -0.160. The zero-order valence-electron chi connectivity index (χ0n) is 24.1. The largest absolute Gasteiger partial charge is 0.476 e. The number of ether oxygens (including phenoxy) is 3. The minimum atomic E-state index is -1.19. The molecule has 0 saturated carbocycles. The molecule has 0 aliphatic carbocycles. The Morgan fingerprint density at radius 3 is 2.19 bits per heavy atom.